The Morgan fingerprint density at radius 1 is 1.45 bits per heavy atom. The minimum atomic E-state index is -0.344. The summed E-state index contributed by atoms with van der Waals surface area (Å²) in [5, 5.41) is 3.24. The van der Waals surface area contributed by atoms with Crippen LogP contribution < -0.4 is 5.32 Å². The summed E-state index contributed by atoms with van der Waals surface area (Å²) < 4.78 is 0.195. The lowest BCUT2D eigenvalue weighted by Gasteiger charge is -2.21. The van der Waals surface area contributed by atoms with Crippen LogP contribution in [0.1, 0.15) is 27.7 Å². The van der Waals surface area contributed by atoms with Crippen LogP contribution in [0.4, 0.5) is 0 Å². The molecule has 2 nitrogen and oxygen atoms in total. The van der Waals surface area contributed by atoms with Crippen molar-refractivity contribution in [3.05, 3.63) is 0 Å². The smallest absolute Gasteiger partial charge is 0.159 e. The Hall–Kier alpha value is -0.0200. The van der Waals surface area contributed by atoms with Crippen LogP contribution in [0.5, 0.6) is 0 Å². The molecule has 0 aromatic rings. The summed E-state index contributed by atoms with van der Waals surface area (Å²) in [6.07, 6.45) is 0. The quantitative estimate of drug-likeness (QED) is 0.650. The van der Waals surface area contributed by atoms with Gasteiger partial charge in [0.2, 0.25) is 0 Å². The highest BCUT2D eigenvalue weighted by Gasteiger charge is 2.43. The number of thioether (sulfide) groups is 1. The van der Waals surface area contributed by atoms with Gasteiger partial charge in [0, 0.05) is 11.3 Å². The molecule has 3 heteroatoms. The maximum atomic E-state index is 11.2. The first-order chi connectivity index (χ1) is 4.86. The van der Waals surface area contributed by atoms with Crippen molar-refractivity contribution in [2.45, 2.75) is 37.3 Å². The van der Waals surface area contributed by atoms with Gasteiger partial charge in [0.05, 0.1) is 0 Å². The number of nitrogens with one attached hydrogen (secondary N) is 1. The summed E-state index contributed by atoms with van der Waals surface area (Å²) in [4.78, 5) is 10.8. The SMILES string of the molecule is CC(=O)C1(C)NCC(C)(C)S1. The van der Waals surface area contributed by atoms with Crippen LogP contribution in [0, 0.1) is 0 Å². The van der Waals surface area contributed by atoms with Gasteiger partial charge >= 0.3 is 0 Å². The summed E-state index contributed by atoms with van der Waals surface area (Å²) in [5.74, 6) is 0.216. The molecule has 0 aromatic heterocycles. The van der Waals surface area contributed by atoms with Gasteiger partial charge in [0.1, 0.15) is 4.87 Å². The average Bonchev–Trinajstić information content (AvgIpc) is 2.08. The molecule has 0 aliphatic carbocycles. The first-order valence-corrected chi connectivity index (χ1v) is 4.64. The monoisotopic (exact) mass is 173 g/mol. The Bertz CT molecular complexity index is 191. The summed E-state index contributed by atoms with van der Waals surface area (Å²) in [5.41, 5.74) is 0. The van der Waals surface area contributed by atoms with E-state index in [2.05, 4.69) is 19.2 Å². The van der Waals surface area contributed by atoms with Gasteiger partial charge in [-0.15, -0.1) is 11.8 Å². The van der Waals surface area contributed by atoms with E-state index < -0.39 is 0 Å². The van der Waals surface area contributed by atoms with Gasteiger partial charge < -0.3 is 0 Å². The van der Waals surface area contributed by atoms with Crippen LogP contribution in [0.25, 0.3) is 0 Å². The fraction of sp³-hybridized carbons (Fsp3) is 0.875. The minimum Gasteiger partial charge on any atom is -0.297 e. The normalized spacial score (nSPS) is 35.6. The molecule has 0 radical (unpaired) electrons. The number of carbonyl (C=O) groups excluding carboxylic acids is 1. The van der Waals surface area contributed by atoms with Crippen molar-refractivity contribution >= 4 is 17.5 Å². The van der Waals surface area contributed by atoms with E-state index in [-0.39, 0.29) is 15.4 Å². The van der Waals surface area contributed by atoms with Crippen LogP contribution in [-0.4, -0.2) is 21.9 Å². The Kier molecular flexibility index (Phi) is 2.05. The maximum Gasteiger partial charge on any atom is 0.159 e. The van der Waals surface area contributed by atoms with Crippen LogP contribution in [0.3, 0.4) is 0 Å². The fourth-order valence-corrected chi connectivity index (χ4v) is 2.74. The predicted molar refractivity (Wildman–Crippen MR) is 48.8 cm³/mol. The van der Waals surface area contributed by atoms with Crippen molar-refractivity contribution in [3.63, 3.8) is 0 Å². The molecule has 0 aromatic carbocycles. The average molecular weight is 173 g/mol. The second kappa shape index (κ2) is 2.49. The molecular weight excluding hydrogens is 158 g/mol. The minimum absolute atomic E-state index is 0.195. The van der Waals surface area contributed by atoms with Gasteiger partial charge in [-0.2, -0.15) is 0 Å². The van der Waals surface area contributed by atoms with Crippen LogP contribution >= 0.6 is 11.8 Å². The third-order valence-electron chi connectivity index (χ3n) is 2.00. The van der Waals surface area contributed by atoms with Gasteiger partial charge in [-0.05, 0) is 27.7 Å². The van der Waals surface area contributed by atoms with E-state index in [1.165, 1.54) is 0 Å². The zero-order chi connectivity index (χ0) is 8.70. The van der Waals surface area contributed by atoms with Crippen molar-refractivity contribution in [1.82, 2.24) is 5.32 Å². The second-order valence-electron chi connectivity index (χ2n) is 3.80. The molecule has 64 valence electrons. The van der Waals surface area contributed by atoms with Crippen LogP contribution in [0.2, 0.25) is 0 Å². The molecule has 0 saturated carbocycles. The van der Waals surface area contributed by atoms with Gasteiger partial charge in [-0.1, -0.05) is 0 Å². The summed E-state index contributed by atoms with van der Waals surface area (Å²) in [7, 11) is 0. The van der Waals surface area contributed by atoms with Gasteiger partial charge in [-0.25, -0.2) is 0 Å². The number of carbonyl (C=O) groups is 1. The number of hydrogen-bond donors (Lipinski definition) is 1. The molecule has 0 spiro atoms. The molecule has 1 aliphatic heterocycles. The van der Waals surface area contributed by atoms with E-state index in [4.69, 9.17) is 0 Å². The largest absolute Gasteiger partial charge is 0.297 e. The Labute approximate surface area is 72.1 Å². The first-order valence-electron chi connectivity index (χ1n) is 3.82. The molecule has 0 amide bonds. The summed E-state index contributed by atoms with van der Waals surface area (Å²) in [6, 6.07) is 0. The molecule has 1 saturated heterocycles. The molecular formula is C8H15NOS. The zero-order valence-corrected chi connectivity index (χ0v) is 8.34. The number of Topliss-reactive ketones (excluding diaryl/α,β-unsaturated/α-hetero) is 1. The molecule has 1 aliphatic rings. The van der Waals surface area contributed by atoms with Gasteiger partial charge in [0.25, 0.3) is 0 Å². The fourth-order valence-electron chi connectivity index (χ4n) is 1.20. The molecule has 1 fully saturated rings. The van der Waals surface area contributed by atoms with E-state index >= 15 is 0 Å². The highest BCUT2D eigenvalue weighted by molar-refractivity contribution is 8.02. The molecule has 1 heterocycles. The van der Waals surface area contributed by atoms with Crippen LogP contribution in [0.15, 0.2) is 0 Å². The van der Waals surface area contributed by atoms with E-state index in [1.54, 1.807) is 18.7 Å². The number of rotatable bonds is 1. The molecule has 1 atom stereocenters. The molecule has 1 N–H and O–H groups in total. The Morgan fingerprint density at radius 2 is 2.00 bits per heavy atom. The molecule has 0 bridgehead atoms. The van der Waals surface area contributed by atoms with E-state index in [9.17, 15) is 4.79 Å². The van der Waals surface area contributed by atoms with Crippen molar-refractivity contribution in [3.8, 4) is 0 Å². The zero-order valence-electron chi connectivity index (χ0n) is 7.52. The Balaban J connectivity index is 2.73. The highest BCUT2D eigenvalue weighted by atomic mass is 32.2. The lowest BCUT2D eigenvalue weighted by Crippen LogP contribution is -2.40. The molecule has 1 unspecified atom stereocenters. The standard InChI is InChI=1S/C8H15NOS/c1-6(10)8(4)9-5-7(2,3)11-8/h9H,5H2,1-4H3. The van der Waals surface area contributed by atoms with Gasteiger partial charge in [0.15, 0.2) is 5.78 Å². The van der Waals surface area contributed by atoms with Crippen molar-refractivity contribution < 1.29 is 4.79 Å². The number of ketones is 1. The van der Waals surface area contributed by atoms with Crippen molar-refractivity contribution in [2.24, 2.45) is 0 Å². The van der Waals surface area contributed by atoms with E-state index in [0.29, 0.717) is 0 Å². The van der Waals surface area contributed by atoms with E-state index in [0.717, 1.165) is 6.54 Å². The van der Waals surface area contributed by atoms with Gasteiger partial charge in [-0.3, -0.25) is 10.1 Å². The topological polar surface area (TPSA) is 29.1 Å². The van der Waals surface area contributed by atoms with E-state index in [1.807, 2.05) is 6.92 Å². The lowest BCUT2D eigenvalue weighted by molar-refractivity contribution is -0.119. The highest BCUT2D eigenvalue weighted by Crippen LogP contribution is 2.40. The maximum absolute atomic E-state index is 11.2. The third kappa shape index (κ3) is 1.76. The summed E-state index contributed by atoms with van der Waals surface area (Å²) in [6.45, 7) is 8.81. The van der Waals surface area contributed by atoms with Crippen LogP contribution in [-0.2, 0) is 4.79 Å². The van der Waals surface area contributed by atoms with Crippen molar-refractivity contribution in [1.29, 1.82) is 0 Å². The number of hydrogen-bond acceptors (Lipinski definition) is 3. The summed E-state index contributed by atoms with van der Waals surface area (Å²) >= 11 is 1.72. The van der Waals surface area contributed by atoms with Crippen molar-refractivity contribution in [2.75, 3.05) is 6.54 Å². The predicted octanol–water partition coefficient (Wildman–Crippen LogP) is 1.41. The molecule has 1 rings (SSSR count). The third-order valence-corrected chi connectivity index (χ3v) is 3.54. The lowest BCUT2D eigenvalue weighted by atomic mass is 10.2. The molecule has 11 heavy (non-hydrogen) atoms. The Morgan fingerprint density at radius 3 is 2.18 bits per heavy atom. The first kappa shape index (κ1) is 9.07. The second-order valence-corrected chi connectivity index (χ2v) is 5.93.